The van der Waals surface area contributed by atoms with Crippen molar-refractivity contribution in [3.8, 4) is 6.07 Å². The Hall–Kier alpha value is -1.40. The Kier molecular flexibility index (Phi) is 4.23. The molecule has 7 heteroatoms. The van der Waals surface area contributed by atoms with Gasteiger partial charge in [0, 0.05) is 18.1 Å². The second-order valence-electron chi connectivity index (χ2n) is 5.62. The number of anilines is 1. The minimum Gasteiger partial charge on any atom is -0.311 e. The summed E-state index contributed by atoms with van der Waals surface area (Å²) in [6.07, 6.45) is 4.81. The van der Waals surface area contributed by atoms with E-state index in [0.29, 0.717) is 22.2 Å². The van der Waals surface area contributed by atoms with Crippen LogP contribution in [0.3, 0.4) is 0 Å². The monoisotopic (exact) mass is 426 g/mol. The molecule has 1 aliphatic carbocycles. The molecule has 1 amide bonds. The quantitative estimate of drug-likeness (QED) is 0.749. The van der Waals surface area contributed by atoms with Gasteiger partial charge in [0.15, 0.2) is 5.69 Å². The maximum absolute atomic E-state index is 12.4. The van der Waals surface area contributed by atoms with Gasteiger partial charge in [-0.3, -0.25) is 9.48 Å². The molecule has 3 rings (SSSR count). The number of hydrogen-bond acceptors (Lipinski definition) is 4. The summed E-state index contributed by atoms with van der Waals surface area (Å²) in [5.41, 5.74) is 2.15. The van der Waals surface area contributed by atoms with E-state index in [1.165, 1.54) is 16.2 Å². The Morgan fingerprint density at radius 2 is 2.41 bits per heavy atom. The SMILES string of the molecule is C[C@H]1CCc2c(sc(NC(=O)c3nn(C)cc3I)c2C#N)C1. The molecule has 0 spiro atoms. The third kappa shape index (κ3) is 2.77. The van der Waals surface area contributed by atoms with E-state index in [1.54, 1.807) is 17.9 Å². The van der Waals surface area contributed by atoms with Gasteiger partial charge in [-0.15, -0.1) is 11.3 Å². The molecule has 1 atom stereocenters. The van der Waals surface area contributed by atoms with Crippen LogP contribution in [-0.4, -0.2) is 15.7 Å². The Morgan fingerprint density at radius 1 is 1.64 bits per heavy atom. The maximum Gasteiger partial charge on any atom is 0.277 e. The summed E-state index contributed by atoms with van der Waals surface area (Å²) in [6.45, 7) is 2.23. The Balaban J connectivity index is 1.91. The molecule has 0 saturated heterocycles. The van der Waals surface area contributed by atoms with Gasteiger partial charge in [0.25, 0.3) is 5.91 Å². The summed E-state index contributed by atoms with van der Waals surface area (Å²) in [4.78, 5) is 13.6. The van der Waals surface area contributed by atoms with Gasteiger partial charge in [0.05, 0.1) is 9.13 Å². The molecule has 1 N–H and O–H groups in total. The van der Waals surface area contributed by atoms with Gasteiger partial charge in [-0.05, 0) is 53.3 Å². The fraction of sp³-hybridized carbons (Fsp3) is 0.400. The van der Waals surface area contributed by atoms with Crippen molar-refractivity contribution in [3.05, 3.63) is 31.5 Å². The van der Waals surface area contributed by atoms with Crippen LogP contribution in [0.2, 0.25) is 0 Å². The predicted octanol–water partition coefficient (Wildman–Crippen LogP) is 3.33. The van der Waals surface area contributed by atoms with Gasteiger partial charge in [-0.2, -0.15) is 10.4 Å². The molecule has 0 aliphatic heterocycles. The lowest BCUT2D eigenvalue weighted by atomic mass is 9.89. The number of thiophene rings is 1. The van der Waals surface area contributed by atoms with Gasteiger partial charge in [-0.25, -0.2) is 0 Å². The second kappa shape index (κ2) is 6.01. The number of aryl methyl sites for hydroxylation is 1. The van der Waals surface area contributed by atoms with Crippen LogP contribution >= 0.6 is 33.9 Å². The fourth-order valence-electron chi connectivity index (χ4n) is 2.73. The summed E-state index contributed by atoms with van der Waals surface area (Å²) < 4.78 is 2.41. The van der Waals surface area contributed by atoms with E-state index in [0.717, 1.165) is 28.4 Å². The van der Waals surface area contributed by atoms with Crippen molar-refractivity contribution in [2.45, 2.75) is 26.2 Å². The number of hydrogen-bond donors (Lipinski definition) is 1. The highest BCUT2D eigenvalue weighted by Gasteiger charge is 2.25. The zero-order valence-electron chi connectivity index (χ0n) is 12.3. The Bertz CT molecular complexity index is 786. The molecule has 0 unspecified atom stereocenters. The summed E-state index contributed by atoms with van der Waals surface area (Å²) >= 11 is 3.63. The molecule has 2 aromatic heterocycles. The number of aromatic nitrogens is 2. The lowest BCUT2D eigenvalue weighted by Gasteiger charge is -2.17. The highest BCUT2D eigenvalue weighted by atomic mass is 127. The first kappa shape index (κ1) is 15.5. The summed E-state index contributed by atoms with van der Waals surface area (Å²) in [5.74, 6) is 0.381. The van der Waals surface area contributed by atoms with Crippen LogP contribution in [0, 0.1) is 20.8 Å². The molecule has 114 valence electrons. The number of nitriles is 1. The van der Waals surface area contributed by atoms with Crippen LogP contribution in [-0.2, 0) is 19.9 Å². The van der Waals surface area contributed by atoms with Crippen LogP contribution in [0.1, 0.15) is 39.8 Å². The molecule has 0 fully saturated rings. The third-order valence-electron chi connectivity index (χ3n) is 3.85. The number of carbonyl (C=O) groups is 1. The average molecular weight is 426 g/mol. The number of amides is 1. The molecular weight excluding hydrogens is 411 g/mol. The Morgan fingerprint density at radius 3 is 3.05 bits per heavy atom. The standard InChI is InChI=1S/C15H15IN4OS/c1-8-3-4-9-10(6-17)15(22-12(9)5-8)18-14(21)13-11(16)7-20(2)19-13/h7-8H,3-5H2,1-2H3,(H,18,21)/t8-/m0/s1. The number of fused-ring (bicyclic) bond motifs is 1. The predicted molar refractivity (Wildman–Crippen MR) is 94.1 cm³/mol. The van der Waals surface area contributed by atoms with Crippen molar-refractivity contribution >= 4 is 44.8 Å². The molecule has 2 aromatic rings. The number of carbonyl (C=O) groups excluding carboxylic acids is 1. The van der Waals surface area contributed by atoms with Crippen molar-refractivity contribution in [3.63, 3.8) is 0 Å². The smallest absolute Gasteiger partial charge is 0.277 e. The van der Waals surface area contributed by atoms with Gasteiger partial charge >= 0.3 is 0 Å². The highest BCUT2D eigenvalue weighted by Crippen LogP contribution is 2.39. The second-order valence-corrected chi connectivity index (χ2v) is 7.89. The van der Waals surface area contributed by atoms with E-state index in [-0.39, 0.29) is 5.91 Å². The molecule has 1 aliphatic rings. The van der Waals surface area contributed by atoms with E-state index in [4.69, 9.17) is 0 Å². The molecule has 0 aromatic carbocycles. The van der Waals surface area contributed by atoms with Gasteiger partial charge in [-0.1, -0.05) is 6.92 Å². The van der Waals surface area contributed by atoms with Crippen LogP contribution in [0.25, 0.3) is 0 Å². The number of rotatable bonds is 2. The molecular formula is C15H15IN4OS. The van der Waals surface area contributed by atoms with Crippen molar-refractivity contribution in [2.75, 3.05) is 5.32 Å². The van der Waals surface area contributed by atoms with E-state index < -0.39 is 0 Å². The topological polar surface area (TPSA) is 70.7 Å². The maximum atomic E-state index is 12.4. The zero-order chi connectivity index (χ0) is 15.9. The van der Waals surface area contributed by atoms with Crippen LogP contribution in [0.4, 0.5) is 5.00 Å². The summed E-state index contributed by atoms with van der Waals surface area (Å²) in [6, 6.07) is 2.26. The lowest BCUT2D eigenvalue weighted by Crippen LogP contribution is -2.14. The van der Waals surface area contributed by atoms with E-state index >= 15 is 0 Å². The minimum absolute atomic E-state index is 0.256. The number of nitrogens with one attached hydrogen (secondary N) is 1. The molecule has 22 heavy (non-hydrogen) atoms. The van der Waals surface area contributed by atoms with Gasteiger partial charge in [0.1, 0.15) is 11.1 Å². The average Bonchev–Trinajstić information content (AvgIpc) is 2.97. The summed E-state index contributed by atoms with van der Waals surface area (Å²) in [7, 11) is 1.78. The van der Waals surface area contributed by atoms with Crippen molar-refractivity contribution in [2.24, 2.45) is 13.0 Å². The normalized spacial score (nSPS) is 16.9. The third-order valence-corrected chi connectivity index (χ3v) is 5.81. The van der Waals surface area contributed by atoms with Crippen LogP contribution < -0.4 is 5.32 Å². The first-order chi connectivity index (χ1) is 10.5. The molecule has 0 bridgehead atoms. The lowest BCUT2D eigenvalue weighted by molar-refractivity contribution is 0.102. The highest BCUT2D eigenvalue weighted by molar-refractivity contribution is 14.1. The minimum atomic E-state index is -0.256. The molecule has 0 radical (unpaired) electrons. The number of nitrogens with zero attached hydrogens (tertiary/aromatic N) is 3. The summed E-state index contributed by atoms with van der Waals surface area (Å²) in [5, 5.41) is 17.2. The molecule has 0 saturated carbocycles. The van der Waals surface area contributed by atoms with Crippen molar-refractivity contribution in [1.82, 2.24) is 9.78 Å². The van der Waals surface area contributed by atoms with Crippen molar-refractivity contribution in [1.29, 1.82) is 5.26 Å². The van der Waals surface area contributed by atoms with Gasteiger partial charge in [0.2, 0.25) is 0 Å². The molecule has 5 nitrogen and oxygen atoms in total. The fourth-order valence-corrected chi connectivity index (χ4v) is 4.84. The number of halogens is 1. The zero-order valence-corrected chi connectivity index (χ0v) is 15.3. The van der Waals surface area contributed by atoms with Crippen LogP contribution in [0.5, 0.6) is 0 Å². The molecule has 2 heterocycles. The van der Waals surface area contributed by atoms with E-state index in [1.807, 2.05) is 0 Å². The Labute approximate surface area is 146 Å². The van der Waals surface area contributed by atoms with Crippen LogP contribution in [0.15, 0.2) is 6.20 Å². The first-order valence-electron chi connectivity index (χ1n) is 7.04. The van der Waals surface area contributed by atoms with E-state index in [9.17, 15) is 10.1 Å². The first-order valence-corrected chi connectivity index (χ1v) is 8.94. The van der Waals surface area contributed by atoms with Gasteiger partial charge < -0.3 is 5.32 Å². The largest absolute Gasteiger partial charge is 0.311 e. The van der Waals surface area contributed by atoms with E-state index in [2.05, 4.69) is 46.0 Å². The van der Waals surface area contributed by atoms with Crippen molar-refractivity contribution < 1.29 is 4.79 Å².